The molecule has 0 saturated heterocycles. The van der Waals surface area contributed by atoms with E-state index in [1.54, 1.807) is 31.2 Å². The molecular formula is C34H45ClFN5O5Si. The van der Waals surface area contributed by atoms with Gasteiger partial charge in [0, 0.05) is 30.3 Å². The Balaban J connectivity index is 1.56. The lowest BCUT2D eigenvalue weighted by Crippen LogP contribution is -2.50. The van der Waals surface area contributed by atoms with Crippen molar-refractivity contribution in [1.29, 1.82) is 0 Å². The van der Waals surface area contributed by atoms with Gasteiger partial charge in [-0.3, -0.25) is 23.9 Å². The molecule has 1 aliphatic carbocycles. The quantitative estimate of drug-likeness (QED) is 0.206. The van der Waals surface area contributed by atoms with Crippen molar-refractivity contribution in [2.24, 2.45) is 11.7 Å². The largest absolute Gasteiger partial charge is 0.415 e. The summed E-state index contributed by atoms with van der Waals surface area (Å²) in [5, 5.41) is 7.38. The Morgan fingerprint density at radius 1 is 1.19 bits per heavy atom. The van der Waals surface area contributed by atoms with E-state index in [4.69, 9.17) is 21.8 Å². The Hall–Kier alpha value is -3.61. The van der Waals surface area contributed by atoms with Crippen molar-refractivity contribution in [3.8, 4) is 0 Å². The summed E-state index contributed by atoms with van der Waals surface area (Å²) in [5.41, 5.74) is 7.11. The molecule has 1 atom stereocenters. The number of aromatic nitrogens is 2. The van der Waals surface area contributed by atoms with Gasteiger partial charge in [0.2, 0.25) is 11.8 Å². The highest BCUT2D eigenvalue weighted by Gasteiger charge is 2.38. The molecule has 10 nitrogen and oxygen atoms in total. The van der Waals surface area contributed by atoms with E-state index in [-0.39, 0.29) is 59.8 Å². The molecule has 0 aliphatic heterocycles. The lowest BCUT2D eigenvalue weighted by Gasteiger charge is -2.38. The van der Waals surface area contributed by atoms with Crippen LogP contribution in [0.5, 0.6) is 0 Å². The van der Waals surface area contributed by atoms with Crippen molar-refractivity contribution < 1.29 is 28.0 Å². The van der Waals surface area contributed by atoms with Crippen LogP contribution in [0.25, 0.3) is 10.9 Å². The van der Waals surface area contributed by atoms with Gasteiger partial charge in [0.15, 0.2) is 14.0 Å². The van der Waals surface area contributed by atoms with Crippen LogP contribution in [-0.4, -0.2) is 65.7 Å². The van der Waals surface area contributed by atoms with Gasteiger partial charge in [0.05, 0.1) is 29.7 Å². The monoisotopic (exact) mass is 685 g/mol. The zero-order valence-corrected chi connectivity index (χ0v) is 29.7. The highest BCUT2D eigenvalue weighted by atomic mass is 35.5. The van der Waals surface area contributed by atoms with E-state index in [1.165, 1.54) is 21.7 Å². The number of nitrogens with zero attached hydrogens (tertiary/aromatic N) is 3. The van der Waals surface area contributed by atoms with Gasteiger partial charge in [-0.15, -0.1) is 0 Å². The fourth-order valence-corrected chi connectivity index (χ4v) is 6.30. The van der Waals surface area contributed by atoms with Gasteiger partial charge in [-0.25, -0.2) is 4.39 Å². The summed E-state index contributed by atoms with van der Waals surface area (Å²) < 4.78 is 22.2. The van der Waals surface area contributed by atoms with Gasteiger partial charge < -0.3 is 20.4 Å². The molecule has 0 radical (unpaired) electrons. The molecule has 47 heavy (non-hydrogen) atoms. The minimum atomic E-state index is -2.19. The number of amides is 3. The molecule has 3 N–H and O–H groups in total. The van der Waals surface area contributed by atoms with Crippen LogP contribution in [0.2, 0.25) is 23.2 Å². The van der Waals surface area contributed by atoms with E-state index in [0.29, 0.717) is 23.2 Å². The number of nitrogens with one attached hydrogen (secondary N) is 1. The van der Waals surface area contributed by atoms with Crippen LogP contribution in [0.4, 0.5) is 4.39 Å². The zero-order valence-electron chi connectivity index (χ0n) is 28.0. The van der Waals surface area contributed by atoms with Crippen molar-refractivity contribution in [1.82, 2.24) is 20.0 Å². The molecule has 0 spiro atoms. The average molecular weight is 686 g/mol. The highest BCUT2D eigenvalue weighted by molar-refractivity contribution is 6.74. The molecule has 1 aliphatic rings. The Morgan fingerprint density at radius 2 is 1.89 bits per heavy atom. The van der Waals surface area contributed by atoms with Gasteiger partial charge >= 0.3 is 0 Å². The Labute approximate surface area is 281 Å². The molecule has 3 amide bonds. The van der Waals surface area contributed by atoms with E-state index in [9.17, 15) is 23.6 Å². The Kier molecular flexibility index (Phi) is 11.3. The molecule has 254 valence electrons. The number of benzene rings is 2. The summed E-state index contributed by atoms with van der Waals surface area (Å²) in [6.45, 7) is 11.8. The van der Waals surface area contributed by atoms with Crippen molar-refractivity contribution >= 4 is 54.3 Å². The first kappa shape index (κ1) is 36.2. The average Bonchev–Trinajstić information content (AvgIpc) is 3.73. The zero-order chi connectivity index (χ0) is 34.7. The second kappa shape index (κ2) is 14.7. The number of rotatable bonds is 15. The predicted octanol–water partition coefficient (Wildman–Crippen LogP) is 5.39. The normalized spacial score (nSPS) is 14.2. The van der Waals surface area contributed by atoms with Crippen LogP contribution in [0.15, 0.2) is 36.4 Å². The molecule has 0 bridgehead atoms. The molecule has 1 fully saturated rings. The third-order valence-corrected chi connectivity index (χ3v) is 13.9. The Morgan fingerprint density at radius 3 is 2.53 bits per heavy atom. The second-order valence-corrected chi connectivity index (χ2v) is 19.2. The van der Waals surface area contributed by atoms with Gasteiger partial charge in [0.1, 0.15) is 18.1 Å². The maximum absolute atomic E-state index is 14.4. The topological polar surface area (TPSA) is 137 Å². The summed E-state index contributed by atoms with van der Waals surface area (Å²) in [4.78, 5) is 53.3. The number of hydrogen-bond donors (Lipinski definition) is 2. The number of fused-ring (bicyclic) bond motifs is 1. The second-order valence-electron chi connectivity index (χ2n) is 14.0. The number of halogens is 2. The van der Waals surface area contributed by atoms with Crippen molar-refractivity contribution in [2.75, 3.05) is 13.2 Å². The molecular weight excluding hydrogens is 641 g/mol. The smallest absolute Gasteiger partial charge is 0.269 e. The summed E-state index contributed by atoms with van der Waals surface area (Å²) in [6, 6.07) is 9.26. The number of carbonyl (C=O) groups excluding carboxylic acids is 4. The number of Topliss-reactive ketones (excluding diaryl/α,β-unsaturated/α-hetero) is 1. The van der Waals surface area contributed by atoms with Crippen molar-refractivity contribution in [3.63, 3.8) is 0 Å². The summed E-state index contributed by atoms with van der Waals surface area (Å²) in [7, 11) is -2.19. The molecule has 13 heteroatoms. The van der Waals surface area contributed by atoms with E-state index >= 15 is 0 Å². The van der Waals surface area contributed by atoms with E-state index in [2.05, 4.69) is 44.3 Å². The fourth-order valence-electron chi connectivity index (χ4n) is 5.02. The summed E-state index contributed by atoms with van der Waals surface area (Å²) in [5.74, 6) is -1.71. The van der Waals surface area contributed by atoms with E-state index in [0.717, 1.165) is 18.4 Å². The molecule has 1 aromatic heterocycles. The molecule has 1 saturated carbocycles. The first-order chi connectivity index (χ1) is 22.0. The van der Waals surface area contributed by atoms with Crippen LogP contribution in [0.1, 0.15) is 68.6 Å². The molecule has 2 aromatic carbocycles. The first-order valence-electron chi connectivity index (χ1n) is 15.9. The van der Waals surface area contributed by atoms with E-state index in [1.807, 2.05) is 0 Å². The number of primary amides is 1. The van der Waals surface area contributed by atoms with Crippen LogP contribution >= 0.6 is 11.6 Å². The summed E-state index contributed by atoms with van der Waals surface area (Å²) in [6.07, 6.45) is 2.95. The predicted molar refractivity (Wildman–Crippen MR) is 182 cm³/mol. The Bertz CT molecular complexity index is 1670. The third-order valence-electron chi connectivity index (χ3n) is 9.11. The standard InChI is InChI=1S/C34H45ClFN5O5Si/c1-21(20-46-47(5,6)34(2,3)4)40(18-29(43)38-17-24-8-7-9-27(35)31(24)36)30(44)19-41-28-13-12-23(15-25(42)14-22-10-11-22)16-26(28)32(39-41)33(37)45/h7-9,12-13,16,21-22H,10-11,14-15,17-20H2,1-6H3,(H2,37,45)(H,38,43)/t21-/m1/s1. The van der Waals surface area contributed by atoms with Crippen LogP contribution < -0.4 is 11.1 Å². The van der Waals surface area contributed by atoms with Gasteiger partial charge in [-0.1, -0.05) is 50.6 Å². The molecule has 0 unspecified atom stereocenters. The van der Waals surface area contributed by atoms with Crippen molar-refractivity contribution in [3.05, 3.63) is 64.1 Å². The lowest BCUT2D eigenvalue weighted by atomic mass is 10.0. The highest BCUT2D eigenvalue weighted by Crippen LogP contribution is 2.37. The molecule has 4 rings (SSSR count). The number of hydrogen-bond acceptors (Lipinski definition) is 6. The number of carbonyl (C=O) groups is 4. The fraction of sp³-hybridized carbons (Fsp3) is 0.500. The maximum Gasteiger partial charge on any atom is 0.269 e. The summed E-state index contributed by atoms with van der Waals surface area (Å²) >= 11 is 5.89. The third kappa shape index (κ3) is 9.26. The molecule has 3 aromatic rings. The van der Waals surface area contributed by atoms with Gasteiger partial charge in [0.25, 0.3) is 5.91 Å². The van der Waals surface area contributed by atoms with Gasteiger partial charge in [-0.2, -0.15) is 5.10 Å². The number of nitrogens with two attached hydrogens (primary N) is 1. The molecule has 1 heterocycles. The van der Waals surface area contributed by atoms with E-state index < -0.39 is 37.9 Å². The first-order valence-corrected chi connectivity index (χ1v) is 19.2. The number of ketones is 1. The van der Waals surface area contributed by atoms with Gasteiger partial charge in [-0.05, 0) is 67.6 Å². The minimum Gasteiger partial charge on any atom is -0.415 e. The van der Waals surface area contributed by atoms with Crippen LogP contribution in [0.3, 0.4) is 0 Å². The SMILES string of the molecule is C[C@H](CO[Si](C)(C)C(C)(C)C)N(CC(=O)NCc1cccc(Cl)c1F)C(=O)Cn1nc(C(N)=O)c2cc(CC(=O)CC3CC3)ccc21. The maximum atomic E-state index is 14.4. The van der Waals surface area contributed by atoms with Crippen molar-refractivity contribution in [2.45, 2.75) is 90.6 Å². The minimum absolute atomic E-state index is 0.00792. The lowest BCUT2D eigenvalue weighted by molar-refractivity contribution is -0.139. The van der Waals surface area contributed by atoms with Crippen LogP contribution in [-0.2, 0) is 38.3 Å². The van der Waals surface area contributed by atoms with Crippen LogP contribution in [0, 0.1) is 11.7 Å².